The summed E-state index contributed by atoms with van der Waals surface area (Å²) in [5.74, 6) is 0. The number of allylic oxidation sites excluding steroid dienone is 4. The van der Waals surface area contributed by atoms with E-state index in [4.69, 9.17) is 4.55 Å². The van der Waals surface area contributed by atoms with Crippen molar-refractivity contribution in [3.63, 3.8) is 0 Å². The molecule has 0 atom stereocenters. The molecule has 0 amide bonds. The third-order valence-electron chi connectivity index (χ3n) is 1.94. The summed E-state index contributed by atoms with van der Waals surface area (Å²) < 4.78 is 31.2. The van der Waals surface area contributed by atoms with Gasteiger partial charge in [0.1, 0.15) is 0 Å². The molecule has 0 radical (unpaired) electrons. The van der Waals surface area contributed by atoms with Gasteiger partial charge in [0, 0.05) is 4.43 Å². The predicted molar refractivity (Wildman–Crippen MR) is 60.5 cm³/mol. The SMILES string of the molecule is O=S(=O)(O)C1=CC=C(CCI)CC1. The van der Waals surface area contributed by atoms with Gasteiger partial charge in [-0.05, 0) is 25.3 Å². The zero-order valence-corrected chi connectivity index (χ0v) is 10.0. The molecule has 0 aromatic carbocycles. The molecule has 0 aromatic rings. The van der Waals surface area contributed by atoms with Crippen LogP contribution in [0.2, 0.25) is 0 Å². The second kappa shape index (κ2) is 4.56. The second-order valence-corrected chi connectivity index (χ2v) is 5.43. The van der Waals surface area contributed by atoms with E-state index in [-0.39, 0.29) is 4.91 Å². The zero-order valence-electron chi connectivity index (χ0n) is 7.03. The predicted octanol–water partition coefficient (Wildman–Crippen LogP) is 2.30. The summed E-state index contributed by atoms with van der Waals surface area (Å²) in [5, 5.41) is 0. The van der Waals surface area contributed by atoms with Gasteiger partial charge >= 0.3 is 0 Å². The smallest absolute Gasteiger partial charge is 0.282 e. The van der Waals surface area contributed by atoms with Gasteiger partial charge in [-0.3, -0.25) is 4.55 Å². The van der Waals surface area contributed by atoms with Crippen molar-refractivity contribution in [2.24, 2.45) is 0 Å². The van der Waals surface area contributed by atoms with Gasteiger partial charge in [-0.1, -0.05) is 34.2 Å². The highest BCUT2D eigenvalue weighted by Gasteiger charge is 2.16. The van der Waals surface area contributed by atoms with Crippen LogP contribution in [0, 0.1) is 0 Å². The van der Waals surface area contributed by atoms with Gasteiger partial charge in [-0.15, -0.1) is 0 Å². The van der Waals surface area contributed by atoms with Crippen LogP contribution in [0.1, 0.15) is 19.3 Å². The van der Waals surface area contributed by atoms with Crippen molar-refractivity contribution < 1.29 is 13.0 Å². The van der Waals surface area contributed by atoms with Gasteiger partial charge in [-0.25, -0.2) is 0 Å². The Bertz CT molecular complexity index is 340. The first-order valence-electron chi connectivity index (χ1n) is 3.96. The van der Waals surface area contributed by atoms with Crippen LogP contribution in [0.4, 0.5) is 0 Å². The Labute approximate surface area is 91.8 Å². The molecule has 0 fully saturated rings. The molecular weight excluding hydrogens is 303 g/mol. The molecule has 0 unspecified atom stereocenters. The van der Waals surface area contributed by atoms with Crippen molar-refractivity contribution in [2.45, 2.75) is 19.3 Å². The lowest BCUT2D eigenvalue weighted by molar-refractivity contribution is 0.488. The quantitative estimate of drug-likeness (QED) is 0.494. The van der Waals surface area contributed by atoms with Gasteiger partial charge in [0.05, 0.1) is 4.91 Å². The van der Waals surface area contributed by atoms with Crippen LogP contribution in [-0.2, 0) is 10.1 Å². The van der Waals surface area contributed by atoms with E-state index < -0.39 is 10.1 Å². The molecule has 0 bridgehead atoms. The first-order chi connectivity index (χ1) is 6.04. The molecule has 1 rings (SSSR count). The molecular formula is C8H11IO3S. The van der Waals surface area contributed by atoms with Gasteiger partial charge in [0.25, 0.3) is 10.1 Å². The number of rotatable bonds is 3. The largest absolute Gasteiger partial charge is 0.290 e. The summed E-state index contributed by atoms with van der Waals surface area (Å²) in [4.78, 5) is 0.129. The molecule has 1 aliphatic rings. The first kappa shape index (κ1) is 11.2. The molecule has 0 saturated carbocycles. The molecule has 3 nitrogen and oxygen atoms in total. The molecule has 5 heteroatoms. The van der Waals surface area contributed by atoms with Crippen LogP contribution in [0.3, 0.4) is 0 Å². The van der Waals surface area contributed by atoms with Crippen LogP contribution in [0.15, 0.2) is 22.6 Å². The monoisotopic (exact) mass is 314 g/mol. The Morgan fingerprint density at radius 2 is 2.08 bits per heavy atom. The van der Waals surface area contributed by atoms with Gasteiger partial charge in [0.15, 0.2) is 0 Å². The minimum Gasteiger partial charge on any atom is -0.282 e. The fraction of sp³-hybridized carbons (Fsp3) is 0.500. The van der Waals surface area contributed by atoms with Crippen molar-refractivity contribution in [1.82, 2.24) is 0 Å². The maximum Gasteiger partial charge on any atom is 0.290 e. The fourth-order valence-electron chi connectivity index (χ4n) is 1.21. The van der Waals surface area contributed by atoms with Crippen molar-refractivity contribution in [3.05, 3.63) is 22.6 Å². The normalized spacial score (nSPS) is 18.0. The molecule has 0 aromatic heterocycles. The minimum absolute atomic E-state index is 0.129. The molecule has 1 aliphatic carbocycles. The summed E-state index contributed by atoms with van der Waals surface area (Å²) in [6, 6.07) is 0. The van der Waals surface area contributed by atoms with E-state index in [1.165, 1.54) is 11.6 Å². The summed E-state index contributed by atoms with van der Waals surface area (Å²) in [6.45, 7) is 0. The van der Waals surface area contributed by atoms with E-state index in [1.54, 1.807) is 6.08 Å². The molecule has 74 valence electrons. The van der Waals surface area contributed by atoms with Crippen LogP contribution in [0.5, 0.6) is 0 Å². The molecule has 13 heavy (non-hydrogen) atoms. The lowest BCUT2D eigenvalue weighted by atomic mass is 10.0. The lowest BCUT2D eigenvalue weighted by Crippen LogP contribution is -2.05. The first-order valence-corrected chi connectivity index (χ1v) is 6.92. The van der Waals surface area contributed by atoms with Gasteiger partial charge in [-0.2, -0.15) is 8.42 Å². The highest BCUT2D eigenvalue weighted by atomic mass is 127. The standard InChI is InChI=1S/C8H11IO3S/c9-6-5-7-1-3-8(4-2-7)13(10,11)12/h1,3H,2,4-6H2,(H,10,11,12). The Kier molecular flexibility index (Phi) is 3.93. The Morgan fingerprint density at radius 3 is 2.46 bits per heavy atom. The van der Waals surface area contributed by atoms with Crippen molar-refractivity contribution >= 4 is 32.7 Å². The zero-order chi connectivity index (χ0) is 9.90. The number of hydrogen-bond donors (Lipinski definition) is 1. The summed E-state index contributed by atoms with van der Waals surface area (Å²) in [5.41, 5.74) is 1.25. The van der Waals surface area contributed by atoms with E-state index in [1.807, 2.05) is 0 Å². The van der Waals surface area contributed by atoms with Gasteiger partial charge < -0.3 is 0 Å². The van der Waals surface area contributed by atoms with E-state index in [2.05, 4.69) is 22.6 Å². The number of alkyl halides is 1. The number of halogens is 1. The highest BCUT2D eigenvalue weighted by molar-refractivity contribution is 14.1. The Hall–Kier alpha value is 0.120. The second-order valence-electron chi connectivity index (χ2n) is 2.87. The summed E-state index contributed by atoms with van der Waals surface area (Å²) >= 11 is 2.28. The average Bonchev–Trinajstić information content (AvgIpc) is 2.04. The Balaban J connectivity index is 2.77. The van der Waals surface area contributed by atoms with E-state index in [0.717, 1.165) is 17.3 Å². The fourth-order valence-corrected chi connectivity index (χ4v) is 2.50. The van der Waals surface area contributed by atoms with Crippen LogP contribution >= 0.6 is 22.6 Å². The lowest BCUT2D eigenvalue weighted by Gasteiger charge is -2.11. The van der Waals surface area contributed by atoms with Crippen molar-refractivity contribution in [2.75, 3.05) is 4.43 Å². The third kappa shape index (κ3) is 3.40. The van der Waals surface area contributed by atoms with Crippen molar-refractivity contribution in [3.8, 4) is 0 Å². The van der Waals surface area contributed by atoms with Gasteiger partial charge in [0.2, 0.25) is 0 Å². The van der Waals surface area contributed by atoms with Crippen LogP contribution in [-0.4, -0.2) is 17.4 Å². The molecule has 1 N–H and O–H groups in total. The average molecular weight is 314 g/mol. The molecule has 0 saturated heterocycles. The molecule has 0 spiro atoms. The van der Waals surface area contributed by atoms with Crippen LogP contribution < -0.4 is 0 Å². The molecule has 0 aliphatic heterocycles. The van der Waals surface area contributed by atoms with E-state index in [9.17, 15) is 8.42 Å². The van der Waals surface area contributed by atoms with Crippen molar-refractivity contribution in [1.29, 1.82) is 0 Å². The Morgan fingerprint density at radius 1 is 1.38 bits per heavy atom. The van der Waals surface area contributed by atoms with E-state index in [0.29, 0.717) is 6.42 Å². The summed E-state index contributed by atoms with van der Waals surface area (Å²) in [6.07, 6.45) is 5.47. The maximum absolute atomic E-state index is 10.7. The highest BCUT2D eigenvalue weighted by Crippen LogP contribution is 2.23. The van der Waals surface area contributed by atoms with E-state index >= 15 is 0 Å². The maximum atomic E-state index is 10.7. The molecule has 0 heterocycles. The minimum atomic E-state index is -3.95. The van der Waals surface area contributed by atoms with Crippen LogP contribution in [0.25, 0.3) is 0 Å². The summed E-state index contributed by atoms with van der Waals surface area (Å²) in [7, 11) is -3.95. The topological polar surface area (TPSA) is 54.4 Å². The third-order valence-corrected chi connectivity index (χ3v) is 3.49. The number of hydrogen-bond acceptors (Lipinski definition) is 2.